The molecule has 8 nitrogen and oxygen atoms in total. The van der Waals surface area contributed by atoms with Gasteiger partial charge in [-0.2, -0.15) is 0 Å². The molecule has 0 aliphatic carbocycles. The quantitative estimate of drug-likeness (QED) is 0.198. The van der Waals surface area contributed by atoms with E-state index in [1.54, 1.807) is 29.2 Å². The summed E-state index contributed by atoms with van der Waals surface area (Å²) in [5.74, 6) is 0.282. The van der Waals surface area contributed by atoms with Crippen LogP contribution in [0.1, 0.15) is 11.1 Å². The third kappa shape index (κ3) is 5.02. The molecule has 0 spiro atoms. The highest BCUT2D eigenvalue weighted by atomic mass is 32.2. The minimum absolute atomic E-state index is 0.143. The summed E-state index contributed by atoms with van der Waals surface area (Å²) < 4.78 is 11.5. The number of nitro groups is 1. The van der Waals surface area contributed by atoms with Crippen LogP contribution in [0.5, 0.6) is 17.4 Å². The molecule has 1 fully saturated rings. The minimum Gasteiger partial charge on any atom is -0.493 e. The van der Waals surface area contributed by atoms with E-state index >= 15 is 0 Å². The van der Waals surface area contributed by atoms with Gasteiger partial charge < -0.3 is 9.47 Å². The molecule has 1 amide bonds. The maximum Gasteiger partial charge on any atom is 0.331 e. The van der Waals surface area contributed by atoms with Crippen LogP contribution < -0.4 is 9.47 Å². The van der Waals surface area contributed by atoms with E-state index in [-0.39, 0.29) is 23.2 Å². The SMILES string of the molecule is COc1cc(C=C2SC(=S)N(Cc3ccccc3)C2=O)ccc1Oc1ncccc1[N+](=O)[O-]. The normalized spacial score (nSPS) is 14.6. The van der Waals surface area contributed by atoms with Crippen LogP contribution in [0.25, 0.3) is 6.08 Å². The average Bonchev–Trinajstić information content (AvgIpc) is 3.08. The van der Waals surface area contributed by atoms with Gasteiger partial charge in [0.05, 0.1) is 23.5 Å². The fraction of sp³-hybridized carbons (Fsp3) is 0.0870. The van der Waals surface area contributed by atoms with Gasteiger partial charge >= 0.3 is 5.69 Å². The third-order valence-corrected chi connectivity index (χ3v) is 6.07. The summed E-state index contributed by atoms with van der Waals surface area (Å²) >= 11 is 6.64. The zero-order valence-corrected chi connectivity index (χ0v) is 19.0. The number of benzene rings is 2. The molecule has 3 aromatic rings. The minimum atomic E-state index is -0.569. The van der Waals surface area contributed by atoms with Gasteiger partial charge in [0.25, 0.3) is 11.8 Å². The largest absolute Gasteiger partial charge is 0.493 e. The Hall–Kier alpha value is -3.76. The van der Waals surface area contributed by atoms with Crippen molar-refractivity contribution in [2.75, 3.05) is 7.11 Å². The smallest absolute Gasteiger partial charge is 0.331 e. The lowest BCUT2D eigenvalue weighted by molar-refractivity contribution is -0.386. The molecule has 0 radical (unpaired) electrons. The molecule has 0 unspecified atom stereocenters. The van der Waals surface area contributed by atoms with E-state index in [2.05, 4.69) is 4.98 Å². The van der Waals surface area contributed by atoms with Gasteiger partial charge in [-0.05, 0) is 35.4 Å². The molecule has 0 N–H and O–H groups in total. The second-order valence-corrected chi connectivity index (χ2v) is 8.53. The van der Waals surface area contributed by atoms with Crippen LogP contribution in [0.2, 0.25) is 0 Å². The lowest BCUT2D eigenvalue weighted by Crippen LogP contribution is -2.27. The lowest BCUT2D eigenvalue weighted by atomic mass is 10.1. The molecule has 1 aromatic heterocycles. The average molecular weight is 480 g/mol. The van der Waals surface area contributed by atoms with Gasteiger partial charge in [0.15, 0.2) is 11.5 Å². The highest BCUT2D eigenvalue weighted by molar-refractivity contribution is 8.26. The van der Waals surface area contributed by atoms with E-state index in [4.69, 9.17) is 21.7 Å². The number of aromatic nitrogens is 1. The van der Waals surface area contributed by atoms with Crippen LogP contribution in [-0.4, -0.2) is 32.1 Å². The predicted octanol–water partition coefficient (Wildman–Crippen LogP) is 5.19. The van der Waals surface area contributed by atoms with E-state index in [0.717, 1.165) is 5.56 Å². The highest BCUT2D eigenvalue weighted by Gasteiger charge is 2.32. The monoisotopic (exact) mass is 479 g/mol. The van der Waals surface area contributed by atoms with Gasteiger partial charge in [-0.1, -0.05) is 60.4 Å². The molecule has 0 bridgehead atoms. The number of hydrogen-bond donors (Lipinski definition) is 0. The fourth-order valence-electron chi connectivity index (χ4n) is 3.12. The summed E-state index contributed by atoms with van der Waals surface area (Å²) in [5.41, 5.74) is 1.42. The van der Waals surface area contributed by atoms with E-state index < -0.39 is 4.92 Å². The van der Waals surface area contributed by atoms with Crippen LogP contribution in [0.4, 0.5) is 5.69 Å². The second-order valence-electron chi connectivity index (χ2n) is 6.85. The zero-order valence-electron chi connectivity index (χ0n) is 17.3. The van der Waals surface area contributed by atoms with Gasteiger partial charge in [-0.15, -0.1) is 0 Å². The molecular weight excluding hydrogens is 462 g/mol. The number of hydrogen-bond acceptors (Lipinski definition) is 8. The summed E-state index contributed by atoms with van der Waals surface area (Å²) in [7, 11) is 1.46. The topological polar surface area (TPSA) is 94.8 Å². The van der Waals surface area contributed by atoms with Crippen molar-refractivity contribution in [2.24, 2.45) is 0 Å². The molecule has 1 aliphatic rings. The third-order valence-electron chi connectivity index (χ3n) is 4.70. The number of ether oxygens (including phenoxy) is 2. The first kappa shape index (κ1) is 22.4. The summed E-state index contributed by atoms with van der Waals surface area (Å²) in [6, 6.07) is 17.4. The predicted molar refractivity (Wildman–Crippen MR) is 129 cm³/mol. The van der Waals surface area contributed by atoms with Crippen molar-refractivity contribution in [3.63, 3.8) is 0 Å². The lowest BCUT2D eigenvalue weighted by Gasteiger charge is -2.14. The number of pyridine rings is 1. The number of rotatable bonds is 7. The van der Waals surface area contributed by atoms with Gasteiger partial charge in [-0.3, -0.25) is 19.8 Å². The van der Waals surface area contributed by atoms with Crippen LogP contribution in [-0.2, 0) is 11.3 Å². The number of methoxy groups -OCH3 is 1. The van der Waals surface area contributed by atoms with Crippen molar-refractivity contribution in [2.45, 2.75) is 6.54 Å². The second kappa shape index (κ2) is 9.80. The summed E-state index contributed by atoms with van der Waals surface area (Å²) in [5, 5.41) is 11.2. The van der Waals surface area contributed by atoms with Crippen molar-refractivity contribution in [1.82, 2.24) is 9.88 Å². The summed E-state index contributed by atoms with van der Waals surface area (Å²) in [6.45, 7) is 0.405. The first-order chi connectivity index (χ1) is 16.0. The van der Waals surface area contributed by atoms with Crippen LogP contribution in [0.15, 0.2) is 71.8 Å². The zero-order chi connectivity index (χ0) is 23.4. The van der Waals surface area contributed by atoms with Gasteiger partial charge in [0, 0.05) is 12.3 Å². The van der Waals surface area contributed by atoms with Crippen molar-refractivity contribution in [3.05, 3.63) is 93.0 Å². The van der Waals surface area contributed by atoms with Crippen molar-refractivity contribution in [1.29, 1.82) is 0 Å². The molecule has 1 aliphatic heterocycles. The first-order valence-corrected chi connectivity index (χ1v) is 10.9. The van der Waals surface area contributed by atoms with Crippen molar-refractivity contribution in [3.8, 4) is 17.4 Å². The molecule has 0 saturated carbocycles. The van der Waals surface area contributed by atoms with Crippen LogP contribution in [0.3, 0.4) is 0 Å². The van der Waals surface area contributed by atoms with Crippen LogP contribution >= 0.6 is 24.0 Å². The Morgan fingerprint density at radius 3 is 2.67 bits per heavy atom. The maximum atomic E-state index is 12.9. The van der Waals surface area contributed by atoms with Crippen molar-refractivity contribution >= 4 is 46.0 Å². The molecule has 1 saturated heterocycles. The van der Waals surface area contributed by atoms with Gasteiger partial charge in [0.2, 0.25) is 0 Å². The Bertz CT molecular complexity index is 1260. The Labute approximate surface area is 199 Å². The first-order valence-electron chi connectivity index (χ1n) is 9.71. The Morgan fingerprint density at radius 1 is 1.15 bits per heavy atom. The van der Waals surface area contributed by atoms with Gasteiger partial charge in [-0.25, -0.2) is 4.98 Å². The summed E-state index contributed by atoms with van der Waals surface area (Å²) in [6.07, 6.45) is 3.13. The molecule has 4 rings (SSSR count). The van der Waals surface area contributed by atoms with E-state index in [1.807, 2.05) is 30.3 Å². The Balaban J connectivity index is 1.56. The molecule has 33 heavy (non-hydrogen) atoms. The standard InChI is InChI=1S/C23H17N3O5S2/c1-30-19-12-16(9-10-18(19)31-21-17(26(28)29)8-5-11-24-21)13-20-22(27)25(23(32)33-20)14-15-6-3-2-4-7-15/h2-13H,14H2,1H3. The van der Waals surface area contributed by atoms with Crippen LogP contribution in [0, 0.1) is 10.1 Å². The number of amides is 1. The molecule has 166 valence electrons. The molecular formula is C23H17N3O5S2. The number of nitrogens with zero attached hydrogens (tertiary/aromatic N) is 3. The fourth-order valence-corrected chi connectivity index (χ4v) is 4.37. The molecule has 2 heterocycles. The summed E-state index contributed by atoms with van der Waals surface area (Å²) in [4.78, 5) is 29.5. The maximum absolute atomic E-state index is 12.9. The number of carbonyl (C=O) groups excluding carboxylic acids is 1. The van der Waals surface area contributed by atoms with Crippen molar-refractivity contribution < 1.29 is 19.2 Å². The Morgan fingerprint density at radius 2 is 1.94 bits per heavy atom. The Kier molecular flexibility index (Phi) is 6.66. The molecule has 10 heteroatoms. The number of thioether (sulfide) groups is 1. The molecule has 2 aromatic carbocycles. The van der Waals surface area contributed by atoms with E-state index in [0.29, 0.717) is 27.1 Å². The number of thiocarbonyl (C=S) groups is 1. The van der Waals surface area contributed by atoms with Gasteiger partial charge in [0.1, 0.15) is 4.32 Å². The number of carbonyl (C=O) groups is 1. The van der Waals surface area contributed by atoms with E-state index in [9.17, 15) is 14.9 Å². The van der Waals surface area contributed by atoms with E-state index in [1.165, 1.54) is 37.2 Å². The highest BCUT2D eigenvalue weighted by Crippen LogP contribution is 2.37. The molecule has 0 atom stereocenters.